The number of aromatic amines is 1. The van der Waals surface area contributed by atoms with Gasteiger partial charge in [0.25, 0.3) is 5.56 Å². The topological polar surface area (TPSA) is 87.2 Å². The van der Waals surface area contributed by atoms with E-state index in [1.807, 2.05) is 0 Å². The number of fused-ring (bicyclic) bond motifs is 1. The largest absolute Gasteiger partial charge is 0.307 e. The predicted octanol–water partition coefficient (Wildman–Crippen LogP) is 1.83. The number of hydrogen-bond acceptors (Lipinski definition) is 4. The maximum Gasteiger partial charge on any atom is 0.307 e. The number of halogens is 1. The molecule has 0 aliphatic carbocycles. The first-order chi connectivity index (χ1) is 11.1. The lowest BCUT2D eigenvalue weighted by Crippen LogP contribution is -2.24. The minimum Gasteiger partial charge on any atom is -0.302 e. The molecule has 6 nitrogen and oxygen atoms in total. The van der Waals surface area contributed by atoms with Gasteiger partial charge in [0.05, 0.1) is 17.1 Å². The molecule has 1 amide bonds. The monoisotopic (exact) mass is 310 g/mol. The van der Waals surface area contributed by atoms with Crippen molar-refractivity contribution in [2.24, 2.45) is 5.10 Å². The highest BCUT2D eigenvalue weighted by Gasteiger charge is 2.10. The van der Waals surface area contributed by atoms with Crippen LogP contribution >= 0.6 is 0 Å². The Balaban J connectivity index is 1.78. The van der Waals surface area contributed by atoms with Gasteiger partial charge < -0.3 is 4.98 Å². The quantitative estimate of drug-likeness (QED) is 0.571. The summed E-state index contributed by atoms with van der Waals surface area (Å²) in [5, 5.41) is 4.15. The van der Waals surface area contributed by atoms with Gasteiger partial charge in [-0.1, -0.05) is 24.3 Å². The Hall–Kier alpha value is -3.35. The third kappa shape index (κ3) is 3.29. The van der Waals surface area contributed by atoms with Gasteiger partial charge in [-0.25, -0.2) is 14.8 Å². The Labute approximate surface area is 129 Å². The summed E-state index contributed by atoms with van der Waals surface area (Å²) in [6.07, 6.45) is 1.36. The molecule has 0 radical (unpaired) electrons. The molecule has 0 unspecified atom stereocenters. The third-order valence-corrected chi connectivity index (χ3v) is 3.08. The Kier molecular flexibility index (Phi) is 3.92. The van der Waals surface area contributed by atoms with Crippen LogP contribution in [0.1, 0.15) is 16.2 Å². The highest BCUT2D eigenvalue weighted by molar-refractivity contribution is 5.93. The molecule has 3 rings (SSSR count). The fraction of sp³-hybridized carbons (Fsp3) is 0. The number of aromatic nitrogens is 2. The summed E-state index contributed by atoms with van der Waals surface area (Å²) in [7, 11) is 0. The average Bonchev–Trinajstić information content (AvgIpc) is 2.56. The minimum atomic E-state index is -0.647. The minimum absolute atomic E-state index is 0.134. The van der Waals surface area contributed by atoms with E-state index in [9.17, 15) is 14.0 Å². The Morgan fingerprint density at radius 3 is 2.70 bits per heavy atom. The van der Waals surface area contributed by atoms with Gasteiger partial charge >= 0.3 is 5.91 Å². The van der Waals surface area contributed by atoms with E-state index in [0.717, 1.165) is 0 Å². The molecule has 1 aromatic heterocycles. The number of benzene rings is 2. The second-order valence-electron chi connectivity index (χ2n) is 4.68. The van der Waals surface area contributed by atoms with Crippen molar-refractivity contribution in [2.75, 3.05) is 0 Å². The number of para-hydroxylation sites is 1. The van der Waals surface area contributed by atoms with Gasteiger partial charge in [0.15, 0.2) is 0 Å². The summed E-state index contributed by atoms with van der Waals surface area (Å²) in [6, 6.07) is 12.3. The zero-order valence-electron chi connectivity index (χ0n) is 11.8. The summed E-state index contributed by atoms with van der Waals surface area (Å²) in [5.74, 6) is -1.14. The Morgan fingerprint density at radius 1 is 1.17 bits per heavy atom. The normalized spacial score (nSPS) is 11.0. The van der Waals surface area contributed by atoms with E-state index in [-0.39, 0.29) is 11.6 Å². The van der Waals surface area contributed by atoms with Crippen LogP contribution in [0, 0.1) is 5.82 Å². The fourth-order valence-electron chi connectivity index (χ4n) is 1.96. The lowest BCUT2D eigenvalue weighted by molar-refractivity contribution is 0.0945. The van der Waals surface area contributed by atoms with Crippen molar-refractivity contribution in [3.05, 3.63) is 76.1 Å². The van der Waals surface area contributed by atoms with E-state index >= 15 is 0 Å². The van der Waals surface area contributed by atoms with E-state index in [2.05, 4.69) is 20.5 Å². The zero-order chi connectivity index (χ0) is 16.2. The number of nitrogens with zero attached hydrogens (tertiary/aromatic N) is 2. The second kappa shape index (κ2) is 6.18. The number of hydrogen-bond donors (Lipinski definition) is 2. The van der Waals surface area contributed by atoms with E-state index in [4.69, 9.17) is 0 Å². The van der Waals surface area contributed by atoms with Crippen LogP contribution in [0.2, 0.25) is 0 Å². The number of rotatable bonds is 3. The van der Waals surface area contributed by atoms with Crippen LogP contribution in [0.25, 0.3) is 10.9 Å². The fourth-order valence-corrected chi connectivity index (χ4v) is 1.96. The van der Waals surface area contributed by atoms with Gasteiger partial charge in [-0.15, -0.1) is 0 Å². The number of hydrazone groups is 1. The molecule has 1 heterocycles. The van der Waals surface area contributed by atoms with Crippen molar-refractivity contribution in [1.82, 2.24) is 15.4 Å². The SMILES string of the molecule is O=C(NN=Cc1ccc(F)cc1)c1nc2ccccc2c(=O)[nH]1. The maximum atomic E-state index is 12.8. The summed E-state index contributed by atoms with van der Waals surface area (Å²) in [6.45, 7) is 0. The molecule has 2 aromatic carbocycles. The molecule has 0 atom stereocenters. The molecule has 2 N–H and O–H groups in total. The van der Waals surface area contributed by atoms with E-state index in [1.54, 1.807) is 24.3 Å². The van der Waals surface area contributed by atoms with Gasteiger partial charge in [-0.3, -0.25) is 9.59 Å². The first-order valence-electron chi connectivity index (χ1n) is 6.71. The van der Waals surface area contributed by atoms with Crippen molar-refractivity contribution < 1.29 is 9.18 Å². The molecule has 7 heteroatoms. The molecule has 3 aromatic rings. The molecule has 0 bridgehead atoms. The van der Waals surface area contributed by atoms with E-state index < -0.39 is 11.5 Å². The van der Waals surface area contributed by atoms with E-state index in [0.29, 0.717) is 16.5 Å². The predicted molar refractivity (Wildman–Crippen MR) is 83.8 cm³/mol. The summed E-state index contributed by atoms with van der Waals surface area (Å²) in [4.78, 5) is 30.3. The lowest BCUT2D eigenvalue weighted by atomic mass is 10.2. The highest BCUT2D eigenvalue weighted by Crippen LogP contribution is 2.05. The van der Waals surface area contributed by atoms with Crippen molar-refractivity contribution >= 4 is 23.0 Å². The van der Waals surface area contributed by atoms with Crippen molar-refractivity contribution in [1.29, 1.82) is 0 Å². The number of carbonyl (C=O) groups is 1. The standard InChI is InChI=1S/C16H11FN4O2/c17-11-7-5-10(6-8-11)9-18-21-16(23)14-19-13-4-2-1-3-12(13)15(22)20-14/h1-9H,(H,21,23)(H,19,20,22). The molecule has 0 saturated heterocycles. The maximum absolute atomic E-state index is 12.8. The molecule has 114 valence electrons. The molecular formula is C16H11FN4O2. The first kappa shape index (κ1) is 14.6. The van der Waals surface area contributed by atoms with Crippen LogP contribution in [0.15, 0.2) is 58.4 Å². The van der Waals surface area contributed by atoms with Gasteiger partial charge in [-0.05, 0) is 29.8 Å². The van der Waals surface area contributed by atoms with Gasteiger partial charge in [0.1, 0.15) is 5.82 Å². The van der Waals surface area contributed by atoms with Gasteiger partial charge in [-0.2, -0.15) is 5.10 Å². The van der Waals surface area contributed by atoms with Crippen molar-refractivity contribution in [3.8, 4) is 0 Å². The van der Waals surface area contributed by atoms with Crippen LogP contribution in [-0.4, -0.2) is 22.1 Å². The van der Waals surface area contributed by atoms with Gasteiger partial charge in [0.2, 0.25) is 5.82 Å². The number of H-pyrrole nitrogens is 1. The number of carbonyl (C=O) groups excluding carboxylic acids is 1. The molecule has 23 heavy (non-hydrogen) atoms. The summed E-state index contributed by atoms with van der Waals surface area (Å²) < 4.78 is 12.8. The number of nitrogens with one attached hydrogen (secondary N) is 2. The van der Waals surface area contributed by atoms with Crippen LogP contribution in [0.5, 0.6) is 0 Å². The molecule has 0 aliphatic rings. The zero-order valence-corrected chi connectivity index (χ0v) is 11.8. The van der Waals surface area contributed by atoms with Crippen LogP contribution < -0.4 is 11.0 Å². The Morgan fingerprint density at radius 2 is 1.91 bits per heavy atom. The molecule has 0 spiro atoms. The molecular weight excluding hydrogens is 299 g/mol. The molecule has 0 saturated carbocycles. The molecule has 0 fully saturated rings. The van der Waals surface area contributed by atoms with Crippen LogP contribution in [-0.2, 0) is 0 Å². The third-order valence-electron chi connectivity index (χ3n) is 3.08. The number of amides is 1. The van der Waals surface area contributed by atoms with E-state index in [1.165, 1.54) is 30.5 Å². The second-order valence-corrected chi connectivity index (χ2v) is 4.68. The average molecular weight is 310 g/mol. The molecule has 0 aliphatic heterocycles. The van der Waals surface area contributed by atoms with Crippen molar-refractivity contribution in [2.45, 2.75) is 0 Å². The highest BCUT2D eigenvalue weighted by atomic mass is 19.1. The smallest absolute Gasteiger partial charge is 0.302 e. The van der Waals surface area contributed by atoms with Crippen LogP contribution in [0.3, 0.4) is 0 Å². The first-order valence-corrected chi connectivity index (χ1v) is 6.71. The lowest BCUT2D eigenvalue weighted by Gasteiger charge is -2.01. The summed E-state index contributed by atoms with van der Waals surface area (Å²) >= 11 is 0. The summed E-state index contributed by atoms with van der Waals surface area (Å²) in [5.41, 5.74) is 2.90. The van der Waals surface area contributed by atoms with Crippen LogP contribution in [0.4, 0.5) is 4.39 Å². The Bertz CT molecular complexity index is 948. The van der Waals surface area contributed by atoms with Gasteiger partial charge in [0, 0.05) is 0 Å². The van der Waals surface area contributed by atoms with Crippen molar-refractivity contribution in [3.63, 3.8) is 0 Å².